The van der Waals surface area contributed by atoms with E-state index in [1.165, 1.54) is 28.0 Å². The van der Waals surface area contributed by atoms with Gasteiger partial charge in [0, 0.05) is 17.8 Å². The van der Waals surface area contributed by atoms with Crippen LogP contribution in [0, 0.1) is 0 Å². The lowest BCUT2D eigenvalue weighted by atomic mass is 9.87. The van der Waals surface area contributed by atoms with Gasteiger partial charge < -0.3 is 10.4 Å². The molecule has 0 radical (unpaired) electrons. The van der Waals surface area contributed by atoms with Crippen LogP contribution in [0.4, 0.5) is 5.69 Å². The zero-order valence-electron chi connectivity index (χ0n) is 13.5. The van der Waals surface area contributed by atoms with E-state index in [1.807, 2.05) is 20.8 Å². The van der Waals surface area contributed by atoms with Crippen LogP contribution in [0.3, 0.4) is 0 Å². The molecule has 0 saturated carbocycles. The van der Waals surface area contributed by atoms with E-state index in [0.717, 1.165) is 5.56 Å². The summed E-state index contributed by atoms with van der Waals surface area (Å²) in [7, 11) is 0. The van der Waals surface area contributed by atoms with Crippen molar-refractivity contribution in [2.45, 2.75) is 26.2 Å². The molecule has 0 aliphatic heterocycles. The second-order valence-electron chi connectivity index (χ2n) is 6.47. The highest BCUT2D eigenvalue weighted by atomic mass is 32.1. The van der Waals surface area contributed by atoms with E-state index in [2.05, 4.69) is 10.3 Å². The molecule has 0 bridgehead atoms. The molecule has 1 amide bonds. The molecule has 0 fully saturated rings. The highest BCUT2D eigenvalue weighted by molar-refractivity contribution is 7.15. The number of rotatable bonds is 2. The summed E-state index contributed by atoms with van der Waals surface area (Å²) in [4.78, 5) is 29.4. The van der Waals surface area contributed by atoms with E-state index in [4.69, 9.17) is 0 Å². The zero-order chi connectivity index (χ0) is 17.5. The summed E-state index contributed by atoms with van der Waals surface area (Å²) in [5.74, 6) is -0.657. The van der Waals surface area contributed by atoms with Crippen LogP contribution in [0.5, 0.6) is 5.75 Å². The topological polar surface area (TPSA) is 83.7 Å². The van der Waals surface area contributed by atoms with Crippen molar-refractivity contribution in [3.63, 3.8) is 0 Å². The Morgan fingerprint density at radius 2 is 2.08 bits per heavy atom. The lowest BCUT2D eigenvalue weighted by Gasteiger charge is -2.20. The summed E-state index contributed by atoms with van der Waals surface area (Å²) >= 11 is 1.31. The summed E-state index contributed by atoms with van der Waals surface area (Å²) in [6, 6.07) is 5.05. The van der Waals surface area contributed by atoms with Crippen LogP contribution in [0.25, 0.3) is 4.96 Å². The van der Waals surface area contributed by atoms with E-state index >= 15 is 0 Å². The monoisotopic (exact) mass is 343 g/mol. The van der Waals surface area contributed by atoms with Gasteiger partial charge in [-0.1, -0.05) is 26.8 Å². The quantitative estimate of drug-likeness (QED) is 0.701. The summed E-state index contributed by atoms with van der Waals surface area (Å²) < 4.78 is 1.32. The molecule has 0 aliphatic rings. The number of hydrogen-bond donors (Lipinski definition) is 2. The van der Waals surface area contributed by atoms with E-state index in [1.54, 1.807) is 23.7 Å². The van der Waals surface area contributed by atoms with Gasteiger partial charge in [0.25, 0.3) is 11.5 Å². The highest BCUT2D eigenvalue weighted by Crippen LogP contribution is 2.30. The number of carbonyl (C=O) groups is 1. The molecule has 6 nitrogen and oxygen atoms in total. The Bertz CT molecular complexity index is 983. The molecule has 7 heteroatoms. The van der Waals surface area contributed by atoms with Crippen molar-refractivity contribution in [2.75, 3.05) is 5.32 Å². The number of aromatic hydroxyl groups is 1. The van der Waals surface area contributed by atoms with Crippen molar-refractivity contribution in [3.8, 4) is 5.75 Å². The third-order valence-corrected chi connectivity index (χ3v) is 4.47. The van der Waals surface area contributed by atoms with Gasteiger partial charge in [-0.05, 0) is 23.1 Å². The SMILES string of the molecule is CC(C)(C)c1ccc(O)c(NC(=O)c2cnc3sccn3c2=O)c1. The van der Waals surface area contributed by atoms with Crippen LogP contribution in [0.15, 0.2) is 40.8 Å². The van der Waals surface area contributed by atoms with Crippen LogP contribution < -0.4 is 10.9 Å². The van der Waals surface area contributed by atoms with Gasteiger partial charge >= 0.3 is 0 Å². The number of carbonyl (C=O) groups excluding carboxylic acids is 1. The van der Waals surface area contributed by atoms with E-state index in [-0.39, 0.29) is 22.4 Å². The van der Waals surface area contributed by atoms with Crippen LogP contribution in [0.1, 0.15) is 36.7 Å². The first-order chi connectivity index (χ1) is 11.3. The number of benzene rings is 1. The van der Waals surface area contributed by atoms with Crippen LogP contribution in [0.2, 0.25) is 0 Å². The van der Waals surface area contributed by atoms with Crippen LogP contribution in [-0.4, -0.2) is 20.4 Å². The first-order valence-corrected chi connectivity index (χ1v) is 8.25. The lowest BCUT2D eigenvalue weighted by molar-refractivity contribution is 0.102. The number of aromatic nitrogens is 2. The number of nitrogens with one attached hydrogen (secondary N) is 1. The number of amides is 1. The largest absolute Gasteiger partial charge is 0.506 e. The molecular weight excluding hydrogens is 326 g/mol. The molecule has 3 rings (SSSR count). The summed E-state index contributed by atoms with van der Waals surface area (Å²) in [6.45, 7) is 6.10. The van der Waals surface area contributed by atoms with Gasteiger partial charge in [-0.15, -0.1) is 11.3 Å². The minimum absolute atomic E-state index is 0.0546. The molecule has 0 aliphatic carbocycles. The maximum Gasteiger partial charge on any atom is 0.271 e. The molecule has 3 aromatic rings. The molecule has 0 atom stereocenters. The third kappa shape index (κ3) is 2.90. The maximum absolute atomic E-state index is 12.4. The van der Waals surface area contributed by atoms with Crippen molar-refractivity contribution in [1.82, 2.24) is 9.38 Å². The standard InChI is InChI=1S/C17H17N3O3S/c1-17(2,3)10-4-5-13(21)12(8-10)19-14(22)11-9-18-16-20(15(11)23)6-7-24-16/h4-9,21H,1-3H3,(H,19,22). The summed E-state index contributed by atoms with van der Waals surface area (Å²) in [6.07, 6.45) is 2.83. The Hall–Kier alpha value is -2.67. The molecule has 1 aromatic carbocycles. The van der Waals surface area contributed by atoms with E-state index in [9.17, 15) is 14.7 Å². The maximum atomic E-state index is 12.4. The molecule has 124 valence electrons. The Kier molecular flexibility index (Phi) is 3.88. The molecule has 2 aromatic heterocycles. The van der Waals surface area contributed by atoms with Crippen molar-refractivity contribution < 1.29 is 9.90 Å². The Labute approximate surface area is 142 Å². The van der Waals surface area contributed by atoms with Crippen LogP contribution in [-0.2, 0) is 5.41 Å². The lowest BCUT2D eigenvalue weighted by Crippen LogP contribution is -2.26. The van der Waals surface area contributed by atoms with Gasteiger partial charge in [0.1, 0.15) is 11.3 Å². The van der Waals surface area contributed by atoms with Gasteiger partial charge in [-0.2, -0.15) is 0 Å². The fourth-order valence-electron chi connectivity index (χ4n) is 2.27. The summed E-state index contributed by atoms with van der Waals surface area (Å²) in [5.41, 5.74) is 0.571. The summed E-state index contributed by atoms with van der Waals surface area (Å²) in [5, 5.41) is 14.3. The average molecular weight is 343 g/mol. The first kappa shape index (κ1) is 16.2. The second-order valence-corrected chi connectivity index (χ2v) is 7.34. The number of nitrogens with zero attached hydrogens (tertiary/aromatic N) is 2. The van der Waals surface area contributed by atoms with Crippen molar-refractivity contribution in [3.05, 3.63) is 57.5 Å². The number of thiazole rings is 1. The molecule has 0 saturated heterocycles. The predicted molar refractivity (Wildman–Crippen MR) is 94.1 cm³/mol. The number of phenols is 1. The molecule has 0 spiro atoms. The fourth-order valence-corrected chi connectivity index (χ4v) is 2.95. The minimum Gasteiger partial charge on any atom is -0.506 e. The minimum atomic E-state index is -0.602. The van der Waals surface area contributed by atoms with Gasteiger partial charge in [-0.3, -0.25) is 14.0 Å². The number of phenolic OH excluding ortho intramolecular Hbond substituents is 1. The smallest absolute Gasteiger partial charge is 0.271 e. The fraction of sp³-hybridized carbons (Fsp3) is 0.235. The second kappa shape index (κ2) is 5.76. The predicted octanol–water partition coefficient (Wildman–Crippen LogP) is 3.01. The number of hydrogen-bond acceptors (Lipinski definition) is 5. The van der Waals surface area contributed by atoms with Gasteiger partial charge in [0.15, 0.2) is 4.96 Å². The molecule has 24 heavy (non-hydrogen) atoms. The molecule has 0 unspecified atom stereocenters. The molecule has 2 N–H and O–H groups in total. The Balaban J connectivity index is 1.97. The van der Waals surface area contributed by atoms with Crippen LogP contribution >= 0.6 is 11.3 Å². The first-order valence-electron chi connectivity index (χ1n) is 7.37. The molecular formula is C17H17N3O3S. The van der Waals surface area contributed by atoms with Gasteiger partial charge in [0.05, 0.1) is 5.69 Å². The Morgan fingerprint density at radius 1 is 1.33 bits per heavy atom. The van der Waals surface area contributed by atoms with Gasteiger partial charge in [0.2, 0.25) is 0 Å². The normalized spacial score (nSPS) is 11.6. The Morgan fingerprint density at radius 3 is 2.79 bits per heavy atom. The van der Waals surface area contributed by atoms with Crippen molar-refractivity contribution in [1.29, 1.82) is 0 Å². The van der Waals surface area contributed by atoms with Gasteiger partial charge in [-0.25, -0.2) is 4.98 Å². The number of fused-ring (bicyclic) bond motifs is 1. The van der Waals surface area contributed by atoms with E-state index in [0.29, 0.717) is 4.96 Å². The molecule has 2 heterocycles. The highest BCUT2D eigenvalue weighted by Gasteiger charge is 2.18. The third-order valence-electron chi connectivity index (χ3n) is 3.70. The zero-order valence-corrected chi connectivity index (χ0v) is 14.3. The van der Waals surface area contributed by atoms with E-state index < -0.39 is 11.5 Å². The van der Waals surface area contributed by atoms with Crippen molar-refractivity contribution in [2.24, 2.45) is 0 Å². The average Bonchev–Trinajstić information content (AvgIpc) is 2.98. The van der Waals surface area contributed by atoms with Crippen molar-refractivity contribution >= 4 is 27.9 Å². The number of anilines is 1.